The van der Waals surface area contributed by atoms with Gasteiger partial charge < -0.3 is 9.84 Å². The molecule has 1 aromatic heterocycles. The molecule has 1 aromatic carbocycles. The maximum Gasteiger partial charge on any atom is 0.335 e. The van der Waals surface area contributed by atoms with Crippen LogP contribution in [0, 0.1) is 0 Å². The summed E-state index contributed by atoms with van der Waals surface area (Å²) in [5.74, 6) is -0.432. The van der Waals surface area contributed by atoms with E-state index in [1.165, 1.54) is 6.07 Å². The number of aromatic carboxylic acids is 1. The predicted molar refractivity (Wildman–Crippen MR) is 62.2 cm³/mol. The third-order valence-electron chi connectivity index (χ3n) is 2.32. The molecule has 0 aliphatic carbocycles. The molecule has 2 N–H and O–H groups in total. The van der Waals surface area contributed by atoms with Crippen molar-refractivity contribution in [3.8, 4) is 17.0 Å². The summed E-state index contributed by atoms with van der Waals surface area (Å²) in [7, 11) is 0. The predicted octanol–water partition coefficient (Wildman–Crippen LogP) is 2.17. The van der Waals surface area contributed by atoms with Crippen LogP contribution in [-0.2, 0) is 0 Å². The lowest BCUT2D eigenvalue weighted by Gasteiger charge is -2.09. The number of carboxylic acid groups (broad SMARTS) is 1. The van der Waals surface area contributed by atoms with Crippen LogP contribution in [0.25, 0.3) is 11.3 Å². The summed E-state index contributed by atoms with van der Waals surface area (Å²) in [4.78, 5) is 10.9. The Balaban J connectivity index is 2.48. The first kappa shape index (κ1) is 11.2. The minimum Gasteiger partial charge on any atom is -0.493 e. The van der Waals surface area contributed by atoms with E-state index < -0.39 is 5.97 Å². The molecule has 0 bridgehead atoms. The summed E-state index contributed by atoms with van der Waals surface area (Å²) in [6, 6.07) is 6.57. The highest BCUT2D eigenvalue weighted by Gasteiger charge is 2.11. The van der Waals surface area contributed by atoms with Crippen LogP contribution in [0.1, 0.15) is 17.3 Å². The fourth-order valence-electron chi connectivity index (χ4n) is 1.56. The minimum atomic E-state index is -0.970. The maximum atomic E-state index is 10.9. The quantitative estimate of drug-likeness (QED) is 0.847. The van der Waals surface area contributed by atoms with E-state index in [0.717, 1.165) is 11.3 Å². The Morgan fingerprint density at radius 3 is 2.88 bits per heavy atom. The molecule has 0 aliphatic heterocycles. The first-order valence-corrected chi connectivity index (χ1v) is 5.22. The zero-order chi connectivity index (χ0) is 12.3. The molecule has 0 saturated carbocycles. The molecule has 0 aliphatic rings. The number of aromatic nitrogens is 2. The molecule has 0 unspecified atom stereocenters. The van der Waals surface area contributed by atoms with Crippen molar-refractivity contribution in [1.29, 1.82) is 0 Å². The average Bonchev–Trinajstić information content (AvgIpc) is 2.82. The van der Waals surface area contributed by atoms with Crippen molar-refractivity contribution < 1.29 is 14.6 Å². The topological polar surface area (TPSA) is 75.2 Å². The van der Waals surface area contributed by atoms with Gasteiger partial charge in [0, 0.05) is 11.8 Å². The standard InChI is InChI=1S/C12H12N2O3/c1-2-17-11-7-8(12(15)16)3-4-9(11)10-5-6-13-14-10/h3-7H,2H2,1H3,(H,13,14)(H,15,16). The largest absolute Gasteiger partial charge is 0.493 e. The van der Waals surface area contributed by atoms with Gasteiger partial charge in [-0.05, 0) is 31.2 Å². The zero-order valence-electron chi connectivity index (χ0n) is 9.30. The van der Waals surface area contributed by atoms with Gasteiger partial charge in [-0.2, -0.15) is 5.10 Å². The summed E-state index contributed by atoms with van der Waals surface area (Å²) >= 11 is 0. The number of ether oxygens (including phenoxy) is 1. The first-order valence-electron chi connectivity index (χ1n) is 5.22. The highest BCUT2D eigenvalue weighted by Crippen LogP contribution is 2.29. The Morgan fingerprint density at radius 1 is 1.47 bits per heavy atom. The third-order valence-corrected chi connectivity index (χ3v) is 2.32. The molecule has 5 nitrogen and oxygen atoms in total. The molecule has 0 radical (unpaired) electrons. The van der Waals surface area contributed by atoms with Crippen molar-refractivity contribution in [3.05, 3.63) is 36.0 Å². The lowest BCUT2D eigenvalue weighted by molar-refractivity contribution is 0.0696. The molecule has 0 spiro atoms. The molecule has 1 heterocycles. The Morgan fingerprint density at radius 2 is 2.29 bits per heavy atom. The molecule has 17 heavy (non-hydrogen) atoms. The monoisotopic (exact) mass is 232 g/mol. The van der Waals surface area contributed by atoms with E-state index >= 15 is 0 Å². The SMILES string of the molecule is CCOc1cc(C(=O)O)ccc1-c1ccn[nH]1. The van der Waals surface area contributed by atoms with E-state index in [1.807, 2.05) is 6.92 Å². The number of carbonyl (C=O) groups is 1. The van der Waals surface area contributed by atoms with Crippen LogP contribution in [0.4, 0.5) is 0 Å². The number of benzene rings is 1. The summed E-state index contributed by atoms with van der Waals surface area (Å²) in [5.41, 5.74) is 1.80. The summed E-state index contributed by atoms with van der Waals surface area (Å²) < 4.78 is 5.44. The highest BCUT2D eigenvalue weighted by atomic mass is 16.5. The van der Waals surface area contributed by atoms with E-state index in [1.54, 1.807) is 24.4 Å². The normalized spacial score (nSPS) is 10.2. The smallest absolute Gasteiger partial charge is 0.335 e. The summed E-state index contributed by atoms with van der Waals surface area (Å²) in [6.07, 6.45) is 1.64. The van der Waals surface area contributed by atoms with E-state index in [-0.39, 0.29) is 5.56 Å². The highest BCUT2D eigenvalue weighted by molar-refractivity contribution is 5.89. The van der Waals surface area contributed by atoms with Crippen molar-refractivity contribution in [1.82, 2.24) is 10.2 Å². The number of nitrogens with zero attached hydrogens (tertiary/aromatic N) is 1. The number of hydrogen-bond donors (Lipinski definition) is 2. The minimum absolute atomic E-state index is 0.205. The van der Waals surface area contributed by atoms with E-state index in [0.29, 0.717) is 12.4 Å². The van der Waals surface area contributed by atoms with Crippen molar-refractivity contribution in [3.63, 3.8) is 0 Å². The van der Waals surface area contributed by atoms with Crippen molar-refractivity contribution in [2.24, 2.45) is 0 Å². The molecule has 0 atom stereocenters. The maximum absolute atomic E-state index is 10.9. The van der Waals surface area contributed by atoms with Crippen LogP contribution >= 0.6 is 0 Å². The Kier molecular flexibility index (Phi) is 3.09. The van der Waals surface area contributed by atoms with Gasteiger partial charge in [0.2, 0.25) is 0 Å². The average molecular weight is 232 g/mol. The van der Waals surface area contributed by atoms with Gasteiger partial charge in [-0.1, -0.05) is 0 Å². The van der Waals surface area contributed by atoms with Crippen LogP contribution in [0.5, 0.6) is 5.75 Å². The first-order chi connectivity index (χ1) is 8.22. The van der Waals surface area contributed by atoms with E-state index in [2.05, 4.69) is 10.2 Å². The number of nitrogens with one attached hydrogen (secondary N) is 1. The van der Waals surface area contributed by atoms with Crippen LogP contribution < -0.4 is 4.74 Å². The lowest BCUT2D eigenvalue weighted by Crippen LogP contribution is -2.00. The van der Waals surface area contributed by atoms with Gasteiger partial charge in [-0.25, -0.2) is 4.79 Å². The van der Waals surface area contributed by atoms with E-state index in [4.69, 9.17) is 9.84 Å². The second-order valence-corrected chi connectivity index (χ2v) is 3.42. The van der Waals surface area contributed by atoms with Gasteiger partial charge in [-0.3, -0.25) is 5.10 Å². The van der Waals surface area contributed by atoms with Crippen LogP contribution in [0.3, 0.4) is 0 Å². The van der Waals surface area contributed by atoms with E-state index in [9.17, 15) is 4.79 Å². The summed E-state index contributed by atoms with van der Waals surface area (Å²) in [5, 5.41) is 15.6. The van der Waals surface area contributed by atoms with Crippen molar-refractivity contribution >= 4 is 5.97 Å². The Hall–Kier alpha value is -2.30. The number of hydrogen-bond acceptors (Lipinski definition) is 3. The molecule has 0 amide bonds. The fraction of sp³-hybridized carbons (Fsp3) is 0.167. The fourth-order valence-corrected chi connectivity index (χ4v) is 1.56. The van der Waals surface area contributed by atoms with Gasteiger partial charge in [0.05, 0.1) is 17.9 Å². The molecular weight excluding hydrogens is 220 g/mol. The second kappa shape index (κ2) is 4.69. The molecule has 88 valence electrons. The Bertz CT molecular complexity index is 521. The van der Waals surface area contributed by atoms with Crippen molar-refractivity contribution in [2.75, 3.05) is 6.61 Å². The zero-order valence-corrected chi connectivity index (χ0v) is 9.30. The molecule has 0 saturated heterocycles. The number of aromatic amines is 1. The molecule has 5 heteroatoms. The third kappa shape index (κ3) is 2.28. The molecule has 0 fully saturated rings. The number of carboxylic acids is 1. The van der Waals surface area contributed by atoms with Gasteiger partial charge >= 0.3 is 5.97 Å². The van der Waals surface area contributed by atoms with Gasteiger partial charge in [-0.15, -0.1) is 0 Å². The van der Waals surface area contributed by atoms with Crippen LogP contribution in [-0.4, -0.2) is 27.9 Å². The van der Waals surface area contributed by atoms with Crippen molar-refractivity contribution in [2.45, 2.75) is 6.92 Å². The van der Waals surface area contributed by atoms with Gasteiger partial charge in [0.15, 0.2) is 0 Å². The van der Waals surface area contributed by atoms with Gasteiger partial charge in [0.25, 0.3) is 0 Å². The number of rotatable bonds is 4. The molecule has 2 aromatic rings. The molecular formula is C12H12N2O3. The summed E-state index contributed by atoms with van der Waals surface area (Å²) in [6.45, 7) is 2.33. The lowest BCUT2D eigenvalue weighted by atomic mass is 10.1. The second-order valence-electron chi connectivity index (χ2n) is 3.42. The Labute approximate surface area is 98.0 Å². The van der Waals surface area contributed by atoms with Crippen LogP contribution in [0.2, 0.25) is 0 Å². The number of H-pyrrole nitrogens is 1. The van der Waals surface area contributed by atoms with Gasteiger partial charge in [0.1, 0.15) is 5.75 Å². The van der Waals surface area contributed by atoms with Crippen LogP contribution in [0.15, 0.2) is 30.5 Å². The molecule has 2 rings (SSSR count).